The van der Waals surface area contributed by atoms with Crippen LogP contribution in [-0.2, 0) is 6.42 Å². The highest BCUT2D eigenvalue weighted by Crippen LogP contribution is 2.23. The van der Waals surface area contributed by atoms with Crippen molar-refractivity contribution in [3.8, 4) is 0 Å². The van der Waals surface area contributed by atoms with Gasteiger partial charge < -0.3 is 4.98 Å². The second kappa shape index (κ2) is 9.46. The molecule has 2 N–H and O–H groups in total. The number of nitrogens with zero attached hydrogens (tertiary/aromatic N) is 1. The number of allylic oxidation sites excluding steroid dienone is 2. The Labute approximate surface area is 161 Å². The van der Waals surface area contributed by atoms with Crippen LogP contribution in [0.5, 0.6) is 0 Å². The summed E-state index contributed by atoms with van der Waals surface area (Å²) in [7, 11) is 0. The maximum Gasteiger partial charge on any atom is 0.154 e. The van der Waals surface area contributed by atoms with Gasteiger partial charge in [-0.3, -0.25) is 5.32 Å². The lowest BCUT2D eigenvalue weighted by Crippen LogP contribution is -2.44. The van der Waals surface area contributed by atoms with Gasteiger partial charge in [0.1, 0.15) is 5.17 Å². The van der Waals surface area contributed by atoms with E-state index in [1.54, 1.807) is 6.08 Å². The number of aliphatic imine (C=N–C) groups is 1. The van der Waals surface area contributed by atoms with Gasteiger partial charge in [0, 0.05) is 23.1 Å². The molecule has 5 heteroatoms. The highest BCUT2D eigenvalue weighted by molar-refractivity contribution is 7.81. The number of H-pyrrole nitrogens is 1. The molecule has 0 aliphatic heterocycles. The second-order valence-corrected chi connectivity index (χ2v) is 7.76. The molecule has 1 aromatic carbocycles. The minimum Gasteiger partial charge on any atom is -0.361 e. The van der Waals surface area contributed by atoms with E-state index >= 15 is 0 Å². The van der Waals surface area contributed by atoms with Gasteiger partial charge in [-0.05, 0) is 44.4 Å². The SMILES string of the molecule is C/C=C\C(Cl)=NC(C)(S)NC(CCCC)Cc1c[nH]c2ccccc12. The molecule has 2 aromatic rings. The molecule has 0 bridgehead atoms. The normalized spacial score (nSPS) is 16.4. The van der Waals surface area contributed by atoms with E-state index < -0.39 is 4.99 Å². The van der Waals surface area contributed by atoms with E-state index in [0.717, 1.165) is 25.7 Å². The number of nitrogens with one attached hydrogen (secondary N) is 2. The zero-order valence-electron chi connectivity index (χ0n) is 15.2. The zero-order chi connectivity index (χ0) is 18.3. The van der Waals surface area contributed by atoms with E-state index in [2.05, 4.69) is 65.3 Å². The van der Waals surface area contributed by atoms with Crippen LogP contribution in [0.2, 0.25) is 0 Å². The molecule has 0 spiro atoms. The Hall–Kier alpha value is -1.23. The summed E-state index contributed by atoms with van der Waals surface area (Å²) in [5.41, 5.74) is 2.49. The van der Waals surface area contributed by atoms with Crippen molar-refractivity contribution >= 4 is 40.3 Å². The first kappa shape index (κ1) is 20.1. The number of aromatic amines is 1. The molecular weight excluding hydrogens is 350 g/mol. The van der Waals surface area contributed by atoms with E-state index in [0.29, 0.717) is 5.17 Å². The van der Waals surface area contributed by atoms with Crippen LogP contribution < -0.4 is 5.32 Å². The van der Waals surface area contributed by atoms with Crippen LogP contribution in [-0.4, -0.2) is 21.2 Å². The number of hydrogen-bond donors (Lipinski definition) is 3. The average molecular weight is 378 g/mol. The van der Waals surface area contributed by atoms with Crippen molar-refractivity contribution in [2.45, 2.75) is 57.5 Å². The summed E-state index contributed by atoms with van der Waals surface area (Å²) in [6, 6.07) is 8.69. The van der Waals surface area contributed by atoms with Crippen molar-refractivity contribution in [3.63, 3.8) is 0 Å². The molecule has 0 saturated carbocycles. The van der Waals surface area contributed by atoms with Crippen molar-refractivity contribution in [1.82, 2.24) is 10.3 Å². The molecule has 0 radical (unpaired) electrons. The molecule has 3 nitrogen and oxygen atoms in total. The number of fused-ring (bicyclic) bond motifs is 1. The summed E-state index contributed by atoms with van der Waals surface area (Å²) in [4.78, 5) is 7.13. The van der Waals surface area contributed by atoms with E-state index in [-0.39, 0.29) is 6.04 Å². The predicted molar refractivity (Wildman–Crippen MR) is 114 cm³/mol. The first-order valence-electron chi connectivity index (χ1n) is 8.88. The highest BCUT2D eigenvalue weighted by atomic mass is 35.5. The molecule has 0 aliphatic carbocycles. The lowest BCUT2D eigenvalue weighted by molar-refractivity contribution is 0.396. The van der Waals surface area contributed by atoms with Crippen molar-refractivity contribution in [1.29, 1.82) is 0 Å². The minimum atomic E-state index is -0.707. The Bertz CT molecular complexity index is 733. The van der Waals surface area contributed by atoms with Gasteiger partial charge in [-0.25, -0.2) is 4.99 Å². The molecule has 2 atom stereocenters. The van der Waals surface area contributed by atoms with Gasteiger partial charge >= 0.3 is 0 Å². The fourth-order valence-corrected chi connectivity index (χ4v) is 3.69. The summed E-state index contributed by atoms with van der Waals surface area (Å²) in [5.74, 6) is 0. The Balaban J connectivity index is 2.16. The van der Waals surface area contributed by atoms with Crippen molar-refractivity contribution in [2.75, 3.05) is 0 Å². The van der Waals surface area contributed by atoms with Crippen LogP contribution in [0, 0.1) is 0 Å². The second-order valence-electron chi connectivity index (χ2n) is 6.50. The molecule has 1 aromatic heterocycles. The third kappa shape index (κ3) is 6.21. The highest BCUT2D eigenvalue weighted by Gasteiger charge is 2.23. The van der Waals surface area contributed by atoms with E-state index in [4.69, 9.17) is 11.6 Å². The smallest absolute Gasteiger partial charge is 0.154 e. The third-order valence-electron chi connectivity index (χ3n) is 4.15. The maximum absolute atomic E-state index is 6.14. The molecule has 136 valence electrons. The molecule has 0 saturated heterocycles. The molecule has 0 amide bonds. The fraction of sp³-hybridized carbons (Fsp3) is 0.450. The van der Waals surface area contributed by atoms with Gasteiger partial charge in [-0.15, -0.1) is 12.6 Å². The Morgan fingerprint density at radius 3 is 2.92 bits per heavy atom. The summed E-state index contributed by atoms with van der Waals surface area (Å²) in [6.45, 7) is 6.07. The molecule has 0 fully saturated rings. The number of para-hydroxylation sites is 1. The van der Waals surface area contributed by atoms with Crippen LogP contribution in [0.3, 0.4) is 0 Å². The maximum atomic E-state index is 6.14. The van der Waals surface area contributed by atoms with Gasteiger partial charge in [-0.1, -0.05) is 55.6 Å². The first-order valence-corrected chi connectivity index (χ1v) is 9.70. The first-order chi connectivity index (χ1) is 11.9. The number of unbranched alkanes of at least 4 members (excludes halogenated alkanes) is 1. The quantitative estimate of drug-likeness (QED) is 0.294. The van der Waals surface area contributed by atoms with E-state index in [1.807, 2.05) is 19.9 Å². The molecule has 2 rings (SSSR count). The molecule has 1 heterocycles. The predicted octanol–water partition coefficient (Wildman–Crippen LogP) is 5.68. The lowest BCUT2D eigenvalue weighted by Gasteiger charge is -2.28. The minimum absolute atomic E-state index is 0.278. The summed E-state index contributed by atoms with van der Waals surface area (Å²) in [6.07, 6.45) is 10.1. The Kier molecular flexibility index (Phi) is 7.60. The lowest BCUT2D eigenvalue weighted by atomic mass is 10.00. The summed E-state index contributed by atoms with van der Waals surface area (Å²) in [5, 5.41) is 5.30. The summed E-state index contributed by atoms with van der Waals surface area (Å²) < 4.78 is 0. The Morgan fingerprint density at radius 2 is 2.20 bits per heavy atom. The zero-order valence-corrected chi connectivity index (χ0v) is 16.9. The topological polar surface area (TPSA) is 40.2 Å². The van der Waals surface area contributed by atoms with Crippen molar-refractivity contribution < 1.29 is 0 Å². The molecule has 2 unspecified atom stereocenters. The van der Waals surface area contributed by atoms with Crippen molar-refractivity contribution in [2.24, 2.45) is 4.99 Å². The van der Waals surface area contributed by atoms with Crippen LogP contribution >= 0.6 is 24.2 Å². The van der Waals surface area contributed by atoms with Gasteiger partial charge in [0.05, 0.1) is 0 Å². The van der Waals surface area contributed by atoms with Crippen LogP contribution in [0.25, 0.3) is 10.9 Å². The third-order valence-corrected chi connectivity index (χ3v) is 4.59. The van der Waals surface area contributed by atoms with Crippen LogP contribution in [0.15, 0.2) is 47.6 Å². The number of aromatic nitrogens is 1. The van der Waals surface area contributed by atoms with Crippen LogP contribution in [0.1, 0.15) is 45.6 Å². The van der Waals surface area contributed by atoms with Crippen LogP contribution in [0.4, 0.5) is 0 Å². The van der Waals surface area contributed by atoms with E-state index in [9.17, 15) is 0 Å². The van der Waals surface area contributed by atoms with Gasteiger partial charge in [0.15, 0.2) is 4.99 Å². The summed E-state index contributed by atoms with van der Waals surface area (Å²) >= 11 is 10.8. The molecule has 0 aliphatic rings. The van der Waals surface area contributed by atoms with Gasteiger partial charge in [-0.2, -0.15) is 0 Å². The number of benzene rings is 1. The molecular formula is C20H28ClN3S. The Morgan fingerprint density at radius 1 is 1.44 bits per heavy atom. The standard InChI is InChI=1S/C20H28ClN3S/c1-4-6-10-16(23-20(3,25)24-19(21)9-5-2)13-15-14-22-18-12-8-7-11-17(15)18/h5,7-9,11-12,14,16,22-23,25H,4,6,10,13H2,1-3H3/b9-5-,24-19?. The largest absolute Gasteiger partial charge is 0.361 e. The van der Waals surface area contributed by atoms with Gasteiger partial charge in [0.25, 0.3) is 0 Å². The monoisotopic (exact) mass is 377 g/mol. The van der Waals surface area contributed by atoms with E-state index in [1.165, 1.54) is 16.5 Å². The molecule has 25 heavy (non-hydrogen) atoms. The number of hydrogen-bond acceptors (Lipinski definition) is 3. The fourth-order valence-electron chi connectivity index (χ4n) is 3.04. The number of halogens is 1. The number of rotatable bonds is 9. The van der Waals surface area contributed by atoms with Crippen molar-refractivity contribution in [3.05, 3.63) is 48.2 Å². The number of thiol groups is 1. The van der Waals surface area contributed by atoms with Gasteiger partial charge in [0.2, 0.25) is 0 Å². The average Bonchev–Trinajstić information content (AvgIpc) is 2.95.